The van der Waals surface area contributed by atoms with Gasteiger partial charge in [0.1, 0.15) is 5.76 Å². The minimum Gasteiger partial charge on any atom is -0.378 e. The minimum atomic E-state index is 0.210. The SMILES string of the molecule is Cc1noc(C)c1CN1CCC2(CC1)CC(CC(=O)N1CCOCC1)c1ccccc12. The molecular weight excluding hydrogens is 390 g/mol. The number of hydrogen-bond donors (Lipinski definition) is 0. The summed E-state index contributed by atoms with van der Waals surface area (Å²) in [5.41, 5.74) is 5.35. The molecule has 2 saturated heterocycles. The summed E-state index contributed by atoms with van der Waals surface area (Å²) in [5.74, 6) is 1.56. The van der Waals surface area contributed by atoms with E-state index in [-0.39, 0.29) is 11.3 Å². The maximum Gasteiger partial charge on any atom is 0.223 e. The summed E-state index contributed by atoms with van der Waals surface area (Å²) in [6, 6.07) is 8.88. The van der Waals surface area contributed by atoms with Crippen LogP contribution in [-0.2, 0) is 21.5 Å². The number of amides is 1. The van der Waals surface area contributed by atoms with Crippen molar-refractivity contribution >= 4 is 5.91 Å². The molecule has 1 aromatic carbocycles. The lowest BCUT2D eigenvalue weighted by Gasteiger charge is -2.40. The summed E-state index contributed by atoms with van der Waals surface area (Å²) in [4.78, 5) is 17.5. The van der Waals surface area contributed by atoms with Gasteiger partial charge >= 0.3 is 0 Å². The lowest BCUT2D eigenvalue weighted by Crippen LogP contribution is -2.42. The van der Waals surface area contributed by atoms with Gasteiger partial charge in [-0.05, 0) is 68.7 Å². The van der Waals surface area contributed by atoms with Crippen LogP contribution in [0.15, 0.2) is 28.8 Å². The largest absolute Gasteiger partial charge is 0.378 e. The molecule has 5 rings (SSSR count). The summed E-state index contributed by atoms with van der Waals surface area (Å²) in [7, 11) is 0. The Morgan fingerprint density at radius 3 is 2.58 bits per heavy atom. The van der Waals surface area contributed by atoms with Gasteiger partial charge in [-0.2, -0.15) is 0 Å². The number of benzene rings is 1. The number of rotatable bonds is 4. The highest BCUT2D eigenvalue weighted by atomic mass is 16.5. The van der Waals surface area contributed by atoms with Gasteiger partial charge in [-0.25, -0.2) is 0 Å². The van der Waals surface area contributed by atoms with Crippen molar-refractivity contribution in [3.63, 3.8) is 0 Å². The molecule has 6 nitrogen and oxygen atoms in total. The van der Waals surface area contributed by atoms with E-state index < -0.39 is 0 Å². The van der Waals surface area contributed by atoms with Crippen LogP contribution < -0.4 is 0 Å². The van der Waals surface area contributed by atoms with Gasteiger partial charge in [-0.1, -0.05) is 29.4 Å². The van der Waals surface area contributed by atoms with E-state index in [1.165, 1.54) is 16.7 Å². The molecule has 166 valence electrons. The Labute approximate surface area is 184 Å². The first-order chi connectivity index (χ1) is 15.1. The first-order valence-corrected chi connectivity index (χ1v) is 11.6. The van der Waals surface area contributed by atoms with Crippen LogP contribution in [0.25, 0.3) is 0 Å². The molecule has 1 unspecified atom stereocenters. The van der Waals surface area contributed by atoms with E-state index >= 15 is 0 Å². The lowest BCUT2D eigenvalue weighted by atomic mass is 9.73. The Kier molecular flexibility index (Phi) is 5.61. The molecule has 1 atom stereocenters. The van der Waals surface area contributed by atoms with Crippen molar-refractivity contribution in [2.24, 2.45) is 0 Å². The molecule has 0 bridgehead atoms. The number of hydrogen-bond acceptors (Lipinski definition) is 5. The second-order valence-corrected chi connectivity index (χ2v) is 9.54. The molecule has 2 aliphatic heterocycles. The van der Waals surface area contributed by atoms with Crippen LogP contribution in [0.3, 0.4) is 0 Å². The molecule has 1 spiro atoms. The first kappa shape index (κ1) is 20.7. The van der Waals surface area contributed by atoms with Crippen LogP contribution in [0, 0.1) is 13.8 Å². The zero-order valence-corrected chi connectivity index (χ0v) is 18.7. The molecule has 0 radical (unpaired) electrons. The van der Waals surface area contributed by atoms with Gasteiger partial charge < -0.3 is 14.2 Å². The highest BCUT2D eigenvalue weighted by molar-refractivity contribution is 5.77. The fraction of sp³-hybridized carbons (Fsp3) is 0.600. The number of aryl methyl sites for hydroxylation is 2. The standard InChI is InChI=1S/C25H33N3O3/c1-18-22(19(2)31-26-18)17-27-9-7-25(8-10-27)16-20(21-5-3-4-6-23(21)25)15-24(29)28-11-13-30-14-12-28/h3-6,20H,7-17H2,1-2H3. The number of fused-ring (bicyclic) bond motifs is 2. The molecule has 2 fully saturated rings. The molecule has 0 saturated carbocycles. The molecule has 3 aliphatic rings. The third-order valence-corrected chi connectivity index (χ3v) is 7.77. The van der Waals surface area contributed by atoms with E-state index in [1.807, 2.05) is 18.7 Å². The Balaban J connectivity index is 1.28. The number of piperidine rings is 1. The molecule has 2 aromatic rings. The van der Waals surface area contributed by atoms with Gasteiger partial charge in [0.15, 0.2) is 0 Å². The van der Waals surface area contributed by atoms with Crippen molar-refractivity contribution < 1.29 is 14.1 Å². The minimum absolute atomic E-state index is 0.210. The van der Waals surface area contributed by atoms with Gasteiger partial charge in [0.25, 0.3) is 0 Å². The number of ether oxygens (including phenoxy) is 1. The predicted octanol–water partition coefficient (Wildman–Crippen LogP) is 3.56. The van der Waals surface area contributed by atoms with Gasteiger partial charge in [0.05, 0.1) is 18.9 Å². The summed E-state index contributed by atoms with van der Waals surface area (Å²) >= 11 is 0. The van der Waals surface area contributed by atoms with Crippen molar-refractivity contribution in [2.75, 3.05) is 39.4 Å². The van der Waals surface area contributed by atoms with Crippen molar-refractivity contribution in [1.29, 1.82) is 0 Å². The Hall–Kier alpha value is -2.18. The fourth-order valence-electron chi connectivity index (χ4n) is 5.93. The number of likely N-dealkylation sites (tertiary alicyclic amines) is 1. The molecule has 6 heteroatoms. The number of morpholine rings is 1. The second kappa shape index (κ2) is 8.40. The van der Waals surface area contributed by atoms with Crippen molar-refractivity contribution in [2.45, 2.75) is 57.4 Å². The normalized spacial score (nSPS) is 23.3. The smallest absolute Gasteiger partial charge is 0.223 e. The molecule has 1 aliphatic carbocycles. The van der Waals surface area contributed by atoms with Crippen LogP contribution in [-0.4, -0.2) is 60.3 Å². The molecule has 31 heavy (non-hydrogen) atoms. The molecule has 1 aromatic heterocycles. The van der Waals surface area contributed by atoms with Crippen LogP contribution >= 0.6 is 0 Å². The summed E-state index contributed by atoms with van der Waals surface area (Å²) < 4.78 is 10.8. The maximum absolute atomic E-state index is 13.0. The number of carbonyl (C=O) groups excluding carboxylic acids is 1. The van der Waals surface area contributed by atoms with Crippen LogP contribution in [0.2, 0.25) is 0 Å². The second-order valence-electron chi connectivity index (χ2n) is 9.54. The average Bonchev–Trinajstić information content (AvgIpc) is 3.28. The summed E-state index contributed by atoms with van der Waals surface area (Å²) in [6.45, 7) is 9.88. The van der Waals surface area contributed by atoms with Crippen LogP contribution in [0.5, 0.6) is 0 Å². The third-order valence-electron chi connectivity index (χ3n) is 7.77. The van der Waals surface area contributed by atoms with Crippen LogP contribution in [0.4, 0.5) is 0 Å². The molecule has 3 heterocycles. The van der Waals surface area contributed by atoms with E-state index in [9.17, 15) is 4.79 Å². The van der Waals surface area contributed by atoms with Crippen molar-refractivity contribution in [3.8, 4) is 0 Å². The Bertz CT molecular complexity index is 920. The summed E-state index contributed by atoms with van der Waals surface area (Å²) in [6.07, 6.45) is 4.02. The van der Waals surface area contributed by atoms with Crippen molar-refractivity contribution in [1.82, 2.24) is 15.0 Å². The van der Waals surface area contributed by atoms with E-state index in [2.05, 4.69) is 34.3 Å². The zero-order valence-electron chi connectivity index (χ0n) is 18.7. The van der Waals surface area contributed by atoms with E-state index in [0.717, 1.165) is 63.4 Å². The van der Waals surface area contributed by atoms with Gasteiger partial charge in [-0.3, -0.25) is 9.69 Å². The number of carbonyl (C=O) groups is 1. The quantitative estimate of drug-likeness (QED) is 0.753. The number of nitrogens with zero attached hydrogens (tertiary/aromatic N) is 3. The average molecular weight is 424 g/mol. The fourth-order valence-corrected chi connectivity index (χ4v) is 5.93. The molecule has 1 amide bonds. The monoisotopic (exact) mass is 423 g/mol. The molecular formula is C25H33N3O3. The maximum atomic E-state index is 13.0. The van der Waals surface area contributed by atoms with E-state index in [0.29, 0.717) is 25.6 Å². The van der Waals surface area contributed by atoms with E-state index in [4.69, 9.17) is 9.26 Å². The lowest BCUT2D eigenvalue weighted by molar-refractivity contribution is -0.135. The third kappa shape index (κ3) is 3.92. The molecule has 0 N–H and O–H groups in total. The Morgan fingerprint density at radius 1 is 1.13 bits per heavy atom. The van der Waals surface area contributed by atoms with Gasteiger partial charge in [-0.15, -0.1) is 0 Å². The predicted molar refractivity (Wildman–Crippen MR) is 118 cm³/mol. The van der Waals surface area contributed by atoms with Gasteiger partial charge in [0, 0.05) is 31.6 Å². The zero-order chi connectivity index (χ0) is 21.4. The highest BCUT2D eigenvalue weighted by Gasteiger charge is 2.46. The Morgan fingerprint density at radius 2 is 1.87 bits per heavy atom. The first-order valence-electron chi connectivity index (χ1n) is 11.6. The van der Waals surface area contributed by atoms with Crippen LogP contribution in [0.1, 0.15) is 59.7 Å². The summed E-state index contributed by atoms with van der Waals surface area (Å²) in [5, 5.41) is 4.11. The topological polar surface area (TPSA) is 58.8 Å². The highest BCUT2D eigenvalue weighted by Crippen LogP contribution is 2.52. The number of aromatic nitrogens is 1. The van der Waals surface area contributed by atoms with Gasteiger partial charge in [0.2, 0.25) is 5.91 Å². The van der Waals surface area contributed by atoms with E-state index in [1.54, 1.807) is 0 Å². The van der Waals surface area contributed by atoms with Crippen molar-refractivity contribution in [3.05, 3.63) is 52.4 Å².